The molecule has 0 saturated carbocycles. The van der Waals surface area contributed by atoms with E-state index in [0.29, 0.717) is 0 Å². The fourth-order valence-corrected chi connectivity index (χ4v) is 0. The Hall–Kier alpha value is 0.710. The van der Waals surface area contributed by atoms with Crippen molar-refractivity contribution in [2.24, 2.45) is 0 Å². The Morgan fingerprint density at radius 1 is 1.00 bits per heavy atom. The normalized spacial score (nSPS) is 16.0. The molecule has 0 unspecified atom stereocenters. The van der Waals surface area contributed by atoms with Crippen LogP contribution in [0.2, 0.25) is 0 Å². The van der Waals surface area contributed by atoms with E-state index in [9.17, 15) is 0 Å². The third-order valence-corrected chi connectivity index (χ3v) is 0. The molecule has 0 aliphatic carbocycles. The van der Waals surface area contributed by atoms with Crippen molar-refractivity contribution < 1.29 is 32.8 Å². The van der Waals surface area contributed by atoms with Gasteiger partial charge >= 0.3 is 55.8 Å². The molecule has 0 rings (SSSR count). The molecule has 0 radical (unpaired) electrons. The molecule has 0 heterocycles. The van der Waals surface area contributed by atoms with E-state index in [4.69, 9.17) is 18.6 Å². The summed E-state index contributed by atoms with van der Waals surface area (Å²) in [5, 5.41) is 0. The molecule has 0 aliphatic rings. The van der Waals surface area contributed by atoms with Gasteiger partial charge in [0.25, 0.3) is 0 Å². The van der Waals surface area contributed by atoms with Gasteiger partial charge in [0.2, 0.25) is 0 Å². The third kappa shape index (κ3) is 296. The fourth-order valence-electron chi connectivity index (χ4n) is 0. The van der Waals surface area contributed by atoms with Crippen LogP contribution in [0.15, 0.2) is 0 Å². The van der Waals surface area contributed by atoms with E-state index in [-0.39, 0.29) is 23.1 Å². The zero-order chi connectivity index (χ0) is 5.45. The molecule has 0 bridgehead atoms. The van der Waals surface area contributed by atoms with Gasteiger partial charge < -0.3 is 0 Å². The maximum absolute atomic E-state index is 8.64. The van der Waals surface area contributed by atoms with E-state index in [1.165, 1.54) is 0 Å². The molecule has 0 aliphatic heterocycles. The van der Waals surface area contributed by atoms with Gasteiger partial charge in [-0.05, 0) is 0 Å². The van der Waals surface area contributed by atoms with Crippen molar-refractivity contribution in [3.8, 4) is 0 Å². The van der Waals surface area contributed by atoms with Crippen LogP contribution in [0, 0.1) is 0 Å². The molecule has 0 N–H and O–H groups in total. The van der Waals surface area contributed by atoms with Crippen LogP contribution >= 0.6 is 0 Å². The predicted molar refractivity (Wildman–Crippen MR) is 7.81 cm³/mol. The second-order valence-electron chi connectivity index (χ2n) is 0.589. The van der Waals surface area contributed by atoms with Crippen LogP contribution in [0.4, 0.5) is 0 Å². The van der Waals surface area contributed by atoms with Gasteiger partial charge in [-0.2, -0.15) is 0 Å². The zero-order valence-electron chi connectivity index (χ0n) is 3.10. The van der Waals surface area contributed by atoms with Gasteiger partial charge in [0.15, 0.2) is 0 Å². The Labute approximate surface area is 55.8 Å². The molecule has 5 nitrogen and oxygen atoms in total. The molecule has 0 atom stereocenters. The van der Waals surface area contributed by atoms with E-state index < -0.39 is 14.2 Å². The van der Waals surface area contributed by atoms with Crippen LogP contribution in [0.5, 0.6) is 0 Å². The van der Waals surface area contributed by atoms with Gasteiger partial charge in [-0.15, -0.1) is 0 Å². The topological polar surface area (TPSA) is 97.3 Å². The molecule has 0 aromatic heterocycles. The van der Waals surface area contributed by atoms with Crippen LogP contribution < -0.4 is 7.87 Å². The molecule has 7 heteroatoms. The first-order valence-corrected chi connectivity index (χ1v) is 4.27. The summed E-state index contributed by atoms with van der Waals surface area (Å²) in [6, 6.07) is 0. The first-order valence-electron chi connectivity index (χ1n) is 0.722. The summed E-state index contributed by atoms with van der Waals surface area (Å²) in [6.45, 7) is 0. The van der Waals surface area contributed by atoms with E-state index in [1.54, 1.807) is 0 Å². The first kappa shape index (κ1) is 10.6. The van der Waals surface area contributed by atoms with Crippen LogP contribution in [0.1, 0.15) is 0 Å². The molecular formula is MgO5Ru. The molecule has 0 aromatic carbocycles. The average molecular weight is 205 g/mol. The Kier molecular flexibility index (Phi) is 2.90. The van der Waals surface area contributed by atoms with Gasteiger partial charge in [0.1, 0.15) is 0 Å². The summed E-state index contributed by atoms with van der Waals surface area (Å²) in [5.74, 6) is 0. The standard InChI is InChI=1S/Mg.5O.Ru/q+2;;;;2*-1;. The second-order valence-corrected chi connectivity index (χ2v) is 3.49. The molecule has 0 fully saturated rings. The second kappa shape index (κ2) is 1.91. The first-order chi connectivity index (χ1) is 2.24. The number of hydrogen-bond donors (Lipinski definition) is 0. The summed E-state index contributed by atoms with van der Waals surface area (Å²) in [6.07, 6.45) is 0. The molecule has 0 spiro atoms. The molecule has 0 saturated heterocycles. The summed E-state index contributed by atoms with van der Waals surface area (Å²) < 4.78 is 43.2. The maximum atomic E-state index is 8.64. The molecule has 7 heavy (non-hydrogen) atoms. The fraction of sp³-hybridized carbons (Fsp3) is 0. The van der Waals surface area contributed by atoms with Gasteiger partial charge in [-0.1, -0.05) is 0 Å². The van der Waals surface area contributed by atoms with E-state index in [1.807, 2.05) is 0 Å². The number of hydrogen-bond acceptors (Lipinski definition) is 5. The van der Waals surface area contributed by atoms with Crippen LogP contribution in [-0.2, 0) is 24.9 Å². The number of rotatable bonds is 0. The van der Waals surface area contributed by atoms with Crippen molar-refractivity contribution >= 4 is 23.1 Å². The van der Waals surface area contributed by atoms with Crippen LogP contribution in [0.25, 0.3) is 0 Å². The Balaban J connectivity index is 0. The average Bonchev–Trinajstić information content (AvgIpc) is 0.650. The van der Waals surface area contributed by atoms with Crippen molar-refractivity contribution in [1.82, 2.24) is 0 Å². The van der Waals surface area contributed by atoms with Gasteiger partial charge in [0.05, 0.1) is 0 Å². The van der Waals surface area contributed by atoms with Gasteiger partial charge in [-0.3, -0.25) is 0 Å². The van der Waals surface area contributed by atoms with Gasteiger partial charge in [-0.25, -0.2) is 0 Å². The Morgan fingerprint density at radius 2 is 1.00 bits per heavy atom. The van der Waals surface area contributed by atoms with Crippen molar-refractivity contribution in [2.45, 2.75) is 0 Å². The molecular weight excluding hydrogens is 205 g/mol. The van der Waals surface area contributed by atoms with Crippen LogP contribution in [-0.4, -0.2) is 23.1 Å². The molecule has 40 valence electrons. The minimum absolute atomic E-state index is 0. The molecule has 0 amide bonds. The summed E-state index contributed by atoms with van der Waals surface area (Å²) in [7, 11) is 0. The van der Waals surface area contributed by atoms with Crippen molar-refractivity contribution in [2.75, 3.05) is 0 Å². The SMILES string of the molecule is [Mg+2].[O]=[Ru](=[O])(=[O])([O-])[O-]. The minimum atomic E-state index is -7.72. The summed E-state index contributed by atoms with van der Waals surface area (Å²) >= 11 is -7.72. The Bertz CT molecular complexity index is 186. The van der Waals surface area contributed by atoms with E-state index in [2.05, 4.69) is 0 Å². The van der Waals surface area contributed by atoms with E-state index >= 15 is 0 Å². The quantitative estimate of drug-likeness (QED) is 0.390. The van der Waals surface area contributed by atoms with Crippen molar-refractivity contribution in [1.29, 1.82) is 0 Å². The Morgan fingerprint density at radius 3 is 1.00 bits per heavy atom. The summed E-state index contributed by atoms with van der Waals surface area (Å²) in [5.41, 5.74) is 0. The zero-order valence-corrected chi connectivity index (χ0v) is 6.25. The monoisotopic (exact) mass is 206 g/mol. The van der Waals surface area contributed by atoms with Crippen molar-refractivity contribution in [3.63, 3.8) is 0 Å². The third-order valence-electron chi connectivity index (χ3n) is 0. The van der Waals surface area contributed by atoms with E-state index in [0.717, 1.165) is 0 Å². The summed E-state index contributed by atoms with van der Waals surface area (Å²) in [4.78, 5) is 0. The van der Waals surface area contributed by atoms with Gasteiger partial charge in [0, 0.05) is 0 Å². The molecule has 0 aromatic rings. The van der Waals surface area contributed by atoms with Crippen LogP contribution in [0.3, 0.4) is 0 Å². The van der Waals surface area contributed by atoms with Crippen molar-refractivity contribution in [3.05, 3.63) is 0 Å². The predicted octanol–water partition coefficient (Wildman–Crippen LogP) is -3.12.